The highest BCUT2D eigenvalue weighted by Gasteiger charge is 2.46. The second kappa shape index (κ2) is 8.26. The van der Waals surface area contributed by atoms with Crippen LogP contribution in [0.15, 0.2) is 48.8 Å². The molecule has 0 radical (unpaired) electrons. The largest absolute Gasteiger partial charge is 0.358 e. The maximum absolute atomic E-state index is 6.02. The fraction of sp³-hybridized carbons (Fsp3) is 0.375. The van der Waals surface area contributed by atoms with E-state index in [4.69, 9.17) is 16.6 Å². The molecule has 2 heterocycles. The first-order valence-electron chi connectivity index (χ1n) is 10.2. The van der Waals surface area contributed by atoms with Gasteiger partial charge in [-0.15, -0.1) is 0 Å². The van der Waals surface area contributed by atoms with E-state index in [0.717, 1.165) is 16.2 Å². The van der Waals surface area contributed by atoms with Gasteiger partial charge >= 0.3 is 0 Å². The Hall–Kier alpha value is -1.84. The number of aromatic nitrogens is 2. The number of benzene rings is 1. The van der Waals surface area contributed by atoms with Crippen molar-refractivity contribution in [1.29, 1.82) is 0 Å². The maximum atomic E-state index is 6.02. The second-order valence-corrected chi connectivity index (χ2v) is 14.7. The lowest BCUT2D eigenvalue weighted by molar-refractivity contribution is 0.770. The van der Waals surface area contributed by atoms with Crippen molar-refractivity contribution in [3.05, 3.63) is 64.9 Å². The number of halogens is 1. The monoisotopic (exact) mass is 410 g/mol. The Morgan fingerprint density at radius 1 is 0.893 bits per heavy atom. The minimum atomic E-state index is -1.86. The van der Waals surface area contributed by atoms with Crippen molar-refractivity contribution in [3.8, 4) is 0 Å². The summed E-state index contributed by atoms with van der Waals surface area (Å²) in [5.41, 5.74) is 5.38. The molecular formula is C24H31ClN2Si. The summed E-state index contributed by atoms with van der Waals surface area (Å²) in [4.78, 5) is 4.83. The first kappa shape index (κ1) is 20.9. The standard InChI is InChI=1S/C24H31ClN2Si/c1-17(2)28(18(3)4,19(5)6)27-16-21(23-8-7-15-26-24(23)27)12-9-20-10-13-22(25)14-11-20/h7-19H,1-6H3. The molecule has 28 heavy (non-hydrogen) atoms. The topological polar surface area (TPSA) is 17.8 Å². The molecule has 0 spiro atoms. The molecule has 0 saturated heterocycles. The van der Waals surface area contributed by atoms with Gasteiger partial charge in [-0.2, -0.15) is 0 Å². The molecule has 0 saturated carbocycles. The third-order valence-corrected chi connectivity index (χ3v) is 13.1. The number of pyridine rings is 1. The Kier molecular flexibility index (Phi) is 6.16. The van der Waals surface area contributed by atoms with Gasteiger partial charge in [-0.25, -0.2) is 4.98 Å². The Bertz CT molecular complexity index is 946. The summed E-state index contributed by atoms with van der Waals surface area (Å²) < 4.78 is 2.59. The van der Waals surface area contributed by atoms with E-state index < -0.39 is 8.24 Å². The lowest BCUT2D eigenvalue weighted by atomic mass is 10.1. The van der Waals surface area contributed by atoms with Crippen molar-refractivity contribution < 1.29 is 0 Å². The SMILES string of the molecule is CC(C)[Si](C(C)C)(C(C)C)n1cc(C=Cc2ccc(Cl)cc2)c2cccnc21. The van der Waals surface area contributed by atoms with E-state index in [1.54, 1.807) is 0 Å². The summed E-state index contributed by atoms with van der Waals surface area (Å²) >= 11 is 6.02. The molecule has 0 aliphatic heterocycles. The summed E-state index contributed by atoms with van der Waals surface area (Å²) in [6.45, 7) is 14.4. The Morgan fingerprint density at radius 3 is 2.07 bits per heavy atom. The maximum Gasteiger partial charge on any atom is 0.171 e. The van der Waals surface area contributed by atoms with Crippen molar-refractivity contribution in [2.24, 2.45) is 0 Å². The van der Waals surface area contributed by atoms with E-state index in [9.17, 15) is 0 Å². The van der Waals surface area contributed by atoms with Gasteiger partial charge in [-0.1, -0.05) is 77.4 Å². The zero-order chi connectivity index (χ0) is 20.5. The molecule has 2 aromatic heterocycles. The molecule has 0 aliphatic carbocycles. The molecule has 0 atom stereocenters. The predicted octanol–water partition coefficient (Wildman–Crippen LogP) is 7.88. The van der Waals surface area contributed by atoms with Crippen LogP contribution in [0.25, 0.3) is 23.2 Å². The van der Waals surface area contributed by atoms with Crippen LogP contribution in [0, 0.1) is 0 Å². The molecule has 0 fully saturated rings. The summed E-state index contributed by atoms with van der Waals surface area (Å²) in [5.74, 6) is 0. The molecular weight excluding hydrogens is 380 g/mol. The van der Waals surface area contributed by atoms with Crippen LogP contribution in [0.4, 0.5) is 0 Å². The Morgan fingerprint density at radius 2 is 1.50 bits per heavy atom. The number of nitrogens with zero attached hydrogens (tertiary/aromatic N) is 2. The van der Waals surface area contributed by atoms with Crippen LogP contribution in [0.1, 0.15) is 52.7 Å². The molecule has 1 aromatic carbocycles. The third kappa shape index (κ3) is 3.58. The molecule has 2 nitrogen and oxygen atoms in total. The van der Waals surface area contributed by atoms with Crippen LogP contribution in [0.3, 0.4) is 0 Å². The first-order chi connectivity index (χ1) is 13.3. The van der Waals surface area contributed by atoms with Crippen molar-refractivity contribution in [1.82, 2.24) is 9.22 Å². The summed E-state index contributed by atoms with van der Waals surface area (Å²) in [6, 6.07) is 12.2. The van der Waals surface area contributed by atoms with Crippen molar-refractivity contribution >= 4 is 43.0 Å². The molecule has 3 aromatic rings. The average Bonchev–Trinajstić information content (AvgIpc) is 3.00. The van der Waals surface area contributed by atoms with Gasteiger partial charge in [0, 0.05) is 28.4 Å². The molecule has 148 valence electrons. The molecule has 0 aliphatic rings. The van der Waals surface area contributed by atoms with E-state index in [1.807, 2.05) is 36.5 Å². The number of hydrogen-bond donors (Lipinski definition) is 0. The second-order valence-electron chi connectivity index (χ2n) is 8.57. The highest BCUT2D eigenvalue weighted by atomic mass is 35.5. The minimum Gasteiger partial charge on any atom is -0.358 e. The van der Waals surface area contributed by atoms with Crippen LogP contribution in [0.5, 0.6) is 0 Å². The molecule has 3 rings (SSSR count). The predicted molar refractivity (Wildman–Crippen MR) is 127 cm³/mol. The smallest absolute Gasteiger partial charge is 0.171 e. The number of rotatable bonds is 6. The van der Waals surface area contributed by atoms with Crippen molar-refractivity contribution in [2.75, 3.05) is 0 Å². The summed E-state index contributed by atoms with van der Waals surface area (Å²) in [7, 11) is -1.86. The van der Waals surface area contributed by atoms with Crippen LogP contribution >= 0.6 is 11.6 Å². The highest BCUT2D eigenvalue weighted by Crippen LogP contribution is 2.44. The highest BCUT2D eigenvalue weighted by molar-refractivity contribution is 6.82. The van der Waals surface area contributed by atoms with Crippen LogP contribution in [-0.4, -0.2) is 17.5 Å². The van der Waals surface area contributed by atoms with Gasteiger partial charge in [0.15, 0.2) is 8.24 Å². The first-order valence-corrected chi connectivity index (χ1v) is 12.7. The van der Waals surface area contributed by atoms with Crippen molar-refractivity contribution in [3.63, 3.8) is 0 Å². The van der Waals surface area contributed by atoms with Gasteiger partial charge in [-0.05, 0) is 46.5 Å². The van der Waals surface area contributed by atoms with Gasteiger partial charge in [0.1, 0.15) is 5.65 Å². The minimum absolute atomic E-state index is 0.623. The fourth-order valence-electron chi connectivity index (χ4n) is 5.11. The van der Waals surface area contributed by atoms with Gasteiger partial charge in [-0.3, -0.25) is 0 Å². The van der Waals surface area contributed by atoms with E-state index in [1.165, 1.54) is 10.9 Å². The lowest BCUT2D eigenvalue weighted by Crippen LogP contribution is -2.51. The molecule has 4 heteroatoms. The zero-order valence-electron chi connectivity index (χ0n) is 17.8. The molecule has 0 N–H and O–H groups in total. The fourth-order valence-corrected chi connectivity index (χ4v) is 11.8. The van der Waals surface area contributed by atoms with E-state index in [0.29, 0.717) is 16.6 Å². The summed E-state index contributed by atoms with van der Waals surface area (Å²) in [6.07, 6.45) is 8.65. The van der Waals surface area contributed by atoms with Crippen molar-refractivity contribution in [2.45, 2.75) is 58.2 Å². The van der Waals surface area contributed by atoms with Crippen LogP contribution in [-0.2, 0) is 0 Å². The normalized spacial score (nSPS) is 12.9. The van der Waals surface area contributed by atoms with Gasteiger partial charge in [0.2, 0.25) is 0 Å². The molecule has 0 unspecified atom stereocenters. The van der Waals surface area contributed by atoms with Gasteiger partial charge < -0.3 is 4.23 Å². The van der Waals surface area contributed by atoms with E-state index in [2.05, 4.69) is 70.2 Å². The Balaban J connectivity index is 2.19. The van der Waals surface area contributed by atoms with E-state index >= 15 is 0 Å². The van der Waals surface area contributed by atoms with Gasteiger partial charge in [0.25, 0.3) is 0 Å². The summed E-state index contributed by atoms with van der Waals surface area (Å²) in [5, 5.41) is 1.99. The average molecular weight is 411 g/mol. The number of hydrogen-bond acceptors (Lipinski definition) is 1. The molecule has 0 bridgehead atoms. The van der Waals surface area contributed by atoms with Crippen LogP contribution in [0.2, 0.25) is 21.6 Å². The van der Waals surface area contributed by atoms with E-state index in [-0.39, 0.29) is 0 Å². The zero-order valence-corrected chi connectivity index (χ0v) is 19.5. The van der Waals surface area contributed by atoms with Crippen LogP contribution < -0.4 is 0 Å². The Labute approximate surface area is 175 Å². The molecule has 0 amide bonds. The third-order valence-electron chi connectivity index (χ3n) is 6.11. The van der Waals surface area contributed by atoms with Gasteiger partial charge in [0.05, 0.1) is 0 Å². The quantitative estimate of drug-likeness (QED) is 0.378. The lowest BCUT2D eigenvalue weighted by Gasteiger charge is -2.44. The number of fused-ring (bicyclic) bond motifs is 1.